The molecule has 6 nitrogen and oxygen atoms in total. The van der Waals surface area contributed by atoms with Crippen LogP contribution in [0.3, 0.4) is 0 Å². The van der Waals surface area contributed by atoms with Crippen LogP contribution >= 0.6 is 0 Å². The lowest BCUT2D eigenvalue weighted by molar-refractivity contribution is 0.395. The number of ether oxygens (including phenoxy) is 2. The molecule has 3 aromatic rings. The monoisotopic (exact) mass is 382 g/mol. The molecular formula is C21H23FN4O2. The van der Waals surface area contributed by atoms with Gasteiger partial charge in [0.05, 0.1) is 19.9 Å². The second kappa shape index (κ2) is 9.03. The predicted octanol–water partition coefficient (Wildman–Crippen LogP) is 4.34. The van der Waals surface area contributed by atoms with Crippen LogP contribution in [0.4, 0.5) is 21.7 Å². The average Bonchev–Trinajstić information content (AvgIpc) is 2.69. The Kier molecular flexibility index (Phi) is 6.26. The summed E-state index contributed by atoms with van der Waals surface area (Å²) in [5, 5.41) is 6.47. The first-order chi connectivity index (χ1) is 13.6. The molecule has 0 saturated heterocycles. The maximum atomic E-state index is 13.7. The van der Waals surface area contributed by atoms with Crippen molar-refractivity contribution in [1.29, 1.82) is 0 Å². The quantitative estimate of drug-likeness (QED) is 0.604. The molecular weight excluding hydrogens is 359 g/mol. The van der Waals surface area contributed by atoms with Gasteiger partial charge in [-0.1, -0.05) is 18.2 Å². The van der Waals surface area contributed by atoms with E-state index in [1.807, 2.05) is 25.1 Å². The van der Waals surface area contributed by atoms with E-state index in [1.165, 1.54) is 6.07 Å². The summed E-state index contributed by atoms with van der Waals surface area (Å²) in [5.41, 5.74) is 1.43. The van der Waals surface area contributed by atoms with Crippen LogP contribution in [0.5, 0.6) is 11.5 Å². The number of anilines is 3. The van der Waals surface area contributed by atoms with Crippen molar-refractivity contribution in [1.82, 2.24) is 9.97 Å². The number of aryl methyl sites for hydroxylation is 1. The number of benzene rings is 2. The summed E-state index contributed by atoms with van der Waals surface area (Å²) < 4.78 is 24.4. The Balaban J connectivity index is 1.70. The van der Waals surface area contributed by atoms with E-state index in [-0.39, 0.29) is 5.82 Å². The van der Waals surface area contributed by atoms with Gasteiger partial charge >= 0.3 is 0 Å². The Morgan fingerprint density at radius 3 is 2.50 bits per heavy atom. The number of halogens is 1. The van der Waals surface area contributed by atoms with Crippen molar-refractivity contribution in [2.45, 2.75) is 13.3 Å². The zero-order valence-electron chi connectivity index (χ0n) is 16.1. The van der Waals surface area contributed by atoms with Gasteiger partial charge in [-0.25, -0.2) is 14.4 Å². The predicted molar refractivity (Wildman–Crippen MR) is 108 cm³/mol. The topological polar surface area (TPSA) is 68.3 Å². The third kappa shape index (κ3) is 4.88. The number of hydrogen-bond donors (Lipinski definition) is 2. The second-order valence-corrected chi connectivity index (χ2v) is 6.15. The Bertz CT molecular complexity index is 949. The maximum Gasteiger partial charge on any atom is 0.146 e. The maximum absolute atomic E-state index is 13.7. The lowest BCUT2D eigenvalue weighted by atomic mass is 10.1. The van der Waals surface area contributed by atoms with E-state index in [1.54, 1.807) is 38.5 Å². The van der Waals surface area contributed by atoms with Gasteiger partial charge in [-0.15, -0.1) is 0 Å². The van der Waals surface area contributed by atoms with Gasteiger partial charge in [-0.2, -0.15) is 0 Å². The lowest BCUT2D eigenvalue weighted by Crippen LogP contribution is -2.09. The van der Waals surface area contributed by atoms with Crippen LogP contribution in [-0.4, -0.2) is 30.7 Å². The van der Waals surface area contributed by atoms with E-state index in [2.05, 4.69) is 20.6 Å². The molecule has 1 heterocycles. The molecule has 7 heteroatoms. The first-order valence-corrected chi connectivity index (χ1v) is 8.91. The standard InChI is InChI=1S/C21H23FN4O2/c1-14-24-20(23-11-10-15-6-4-5-7-17(15)22)13-21(25-14)26-18-9-8-16(27-2)12-19(18)28-3/h4-9,12-13H,10-11H2,1-3H3,(H2,23,24,25,26). The molecule has 28 heavy (non-hydrogen) atoms. The molecule has 0 saturated carbocycles. The minimum absolute atomic E-state index is 0.197. The van der Waals surface area contributed by atoms with Gasteiger partial charge in [0.1, 0.15) is 34.8 Å². The van der Waals surface area contributed by atoms with Crippen LogP contribution in [0.1, 0.15) is 11.4 Å². The Hall–Kier alpha value is -3.35. The highest BCUT2D eigenvalue weighted by atomic mass is 19.1. The molecule has 0 aliphatic heterocycles. The summed E-state index contributed by atoms with van der Waals surface area (Å²) in [6, 6.07) is 14.1. The molecule has 0 amide bonds. The molecule has 3 rings (SSSR count). The normalized spacial score (nSPS) is 10.4. The van der Waals surface area contributed by atoms with Gasteiger partial charge in [0, 0.05) is 18.7 Å². The highest BCUT2D eigenvalue weighted by molar-refractivity contribution is 5.67. The van der Waals surface area contributed by atoms with Gasteiger partial charge in [-0.05, 0) is 37.1 Å². The Labute approximate surface area is 163 Å². The fourth-order valence-corrected chi connectivity index (χ4v) is 2.79. The summed E-state index contributed by atoms with van der Waals surface area (Å²) in [6.45, 7) is 2.38. The third-order valence-corrected chi connectivity index (χ3v) is 4.17. The first kappa shape index (κ1) is 19.4. The summed E-state index contributed by atoms with van der Waals surface area (Å²) in [5.74, 6) is 3.06. The van der Waals surface area contributed by atoms with Crippen molar-refractivity contribution in [2.75, 3.05) is 31.4 Å². The fraction of sp³-hybridized carbons (Fsp3) is 0.238. The van der Waals surface area contributed by atoms with E-state index >= 15 is 0 Å². The molecule has 0 aliphatic rings. The number of methoxy groups -OCH3 is 2. The largest absolute Gasteiger partial charge is 0.497 e. The number of rotatable bonds is 8. The van der Waals surface area contributed by atoms with Crippen molar-refractivity contribution < 1.29 is 13.9 Å². The van der Waals surface area contributed by atoms with Crippen molar-refractivity contribution in [3.05, 3.63) is 65.7 Å². The van der Waals surface area contributed by atoms with Gasteiger partial charge < -0.3 is 20.1 Å². The zero-order valence-corrected chi connectivity index (χ0v) is 16.1. The van der Waals surface area contributed by atoms with Crippen LogP contribution in [0.25, 0.3) is 0 Å². The minimum atomic E-state index is -0.197. The van der Waals surface area contributed by atoms with Crippen LogP contribution < -0.4 is 20.1 Å². The molecule has 0 fully saturated rings. The molecule has 0 atom stereocenters. The van der Waals surface area contributed by atoms with Gasteiger partial charge in [0.2, 0.25) is 0 Å². The number of hydrogen-bond acceptors (Lipinski definition) is 6. The van der Waals surface area contributed by atoms with Crippen molar-refractivity contribution in [3.63, 3.8) is 0 Å². The number of nitrogens with one attached hydrogen (secondary N) is 2. The molecule has 0 aliphatic carbocycles. The number of nitrogens with zero attached hydrogens (tertiary/aromatic N) is 2. The molecule has 0 bridgehead atoms. The van der Waals surface area contributed by atoms with E-state index in [0.29, 0.717) is 47.5 Å². The average molecular weight is 382 g/mol. The second-order valence-electron chi connectivity index (χ2n) is 6.15. The number of aromatic nitrogens is 2. The molecule has 146 valence electrons. The highest BCUT2D eigenvalue weighted by Gasteiger charge is 2.08. The van der Waals surface area contributed by atoms with E-state index < -0.39 is 0 Å². The smallest absolute Gasteiger partial charge is 0.146 e. The lowest BCUT2D eigenvalue weighted by Gasteiger charge is -2.13. The van der Waals surface area contributed by atoms with Gasteiger partial charge in [0.25, 0.3) is 0 Å². The van der Waals surface area contributed by atoms with Crippen molar-refractivity contribution >= 4 is 17.3 Å². The molecule has 0 radical (unpaired) electrons. The Morgan fingerprint density at radius 1 is 0.964 bits per heavy atom. The first-order valence-electron chi connectivity index (χ1n) is 8.91. The summed E-state index contributed by atoms with van der Waals surface area (Å²) in [7, 11) is 3.20. The van der Waals surface area contributed by atoms with Crippen molar-refractivity contribution in [2.24, 2.45) is 0 Å². The summed E-state index contributed by atoms with van der Waals surface area (Å²) >= 11 is 0. The molecule has 2 aromatic carbocycles. The summed E-state index contributed by atoms with van der Waals surface area (Å²) in [6.07, 6.45) is 0.560. The van der Waals surface area contributed by atoms with Gasteiger partial charge in [0.15, 0.2) is 0 Å². The molecule has 0 unspecified atom stereocenters. The van der Waals surface area contributed by atoms with Crippen LogP contribution in [0.15, 0.2) is 48.5 Å². The van der Waals surface area contributed by atoms with Crippen LogP contribution in [0.2, 0.25) is 0 Å². The summed E-state index contributed by atoms with van der Waals surface area (Å²) in [4.78, 5) is 8.81. The fourth-order valence-electron chi connectivity index (χ4n) is 2.79. The van der Waals surface area contributed by atoms with Crippen LogP contribution in [-0.2, 0) is 6.42 Å². The molecule has 0 spiro atoms. The minimum Gasteiger partial charge on any atom is -0.497 e. The highest BCUT2D eigenvalue weighted by Crippen LogP contribution is 2.31. The Morgan fingerprint density at radius 2 is 1.75 bits per heavy atom. The van der Waals surface area contributed by atoms with E-state index in [9.17, 15) is 4.39 Å². The van der Waals surface area contributed by atoms with E-state index in [0.717, 1.165) is 5.69 Å². The van der Waals surface area contributed by atoms with Gasteiger partial charge in [-0.3, -0.25) is 0 Å². The zero-order chi connectivity index (χ0) is 19.9. The SMILES string of the molecule is COc1ccc(Nc2cc(NCCc3ccccc3F)nc(C)n2)c(OC)c1. The molecule has 2 N–H and O–H groups in total. The van der Waals surface area contributed by atoms with E-state index in [4.69, 9.17) is 9.47 Å². The molecule has 1 aromatic heterocycles. The third-order valence-electron chi connectivity index (χ3n) is 4.17. The van der Waals surface area contributed by atoms with Crippen molar-refractivity contribution in [3.8, 4) is 11.5 Å². The van der Waals surface area contributed by atoms with Crippen LogP contribution in [0, 0.1) is 12.7 Å².